The molecule has 2 aromatic rings. The second-order valence-corrected chi connectivity index (χ2v) is 5.93. The highest BCUT2D eigenvalue weighted by molar-refractivity contribution is 9.10. The normalized spacial score (nSPS) is 12.1. The van der Waals surface area contributed by atoms with E-state index in [4.69, 9.17) is 4.74 Å². The lowest BCUT2D eigenvalue weighted by Crippen LogP contribution is -2.22. The van der Waals surface area contributed by atoms with Crippen molar-refractivity contribution in [3.05, 3.63) is 64.6 Å². The van der Waals surface area contributed by atoms with Crippen molar-refractivity contribution in [1.82, 2.24) is 5.32 Å². The molecule has 21 heavy (non-hydrogen) atoms. The summed E-state index contributed by atoms with van der Waals surface area (Å²) >= 11 is 3.46. The van der Waals surface area contributed by atoms with Crippen LogP contribution in [0.3, 0.4) is 0 Å². The molecule has 0 radical (unpaired) electrons. The summed E-state index contributed by atoms with van der Waals surface area (Å²) in [6.07, 6.45) is 1.00. The fourth-order valence-electron chi connectivity index (χ4n) is 2.31. The van der Waals surface area contributed by atoms with Crippen LogP contribution in [0.5, 0.6) is 5.75 Å². The van der Waals surface area contributed by atoms with Gasteiger partial charge >= 0.3 is 0 Å². The Morgan fingerprint density at radius 3 is 2.62 bits per heavy atom. The number of ether oxygens (including phenoxy) is 1. The summed E-state index contributed by atoms with van der Waals surface area (Å²) in [6.45, 7) is 4.85. The topological polar surface area (TPSA) is 21.3 Å². The van der Waals surface area contributed by atoms with Gasteiger partial charge < -0.3 is 10.1 Å². The first-order chi connectivity index (χ1) is 10.3. The number of likely N-dealkylation sites (N-methyl/N-ethyl adjacent to an activating group) is 1. The van der Waals surface area contributed by atoms with Crippen LogP contribution < -0.4 is 10.1 Å². The van der Waals surface area contributed by atoms with Crippen LogP contribution in [0.2, 0.25) is 0 Å². The fourth-order valence-corrected chi connectivity index (χ4v) is 2.68. The van der Waals surface area contributed by atoms with Gasteiger partial charge in [0.05, 0.1) is 6.61 Å². The number of rotatable bonds is 8. The zero-order valence-corrected chi connectivity index (χ0v) is 14.0. The molecule has 0 saturated carbocycles. The van der Waals surface area contributed by atoms with Gasteiger partial charge in [-0.15, -0.1) is 0 Å². The van der Waals surface area contributed by atoms with Gasteiger partial charge in [-0.25, -0.2) is 0 Å². The van der Waals surface area contributed by atoms with Crippen molar-refractivity contribution in [1.29, 1.82) is 0 Å². The monoisotopic (exact) mass is 347 g/mol. The summed E-state index contributed by atoms with van der Waals surface area (Å²) in [7, 11) is 0. The molecular weight excluding hydrogens is 326 g/mol. The minimum Gasteiger partial charge on any atom is -0.494 e. The van der Waals surface area contributed by atoms with E-state index in [1.165, 1.54) is 5.56 Å². The molecule has 2 nitrogen and oxygen atoms in total. The predicted molar refractivity (Wildman–Crippen MR) is 92.0 cm³/mol. The molecule has 1 N–H and O–H groups in total. The standard InChI is InChI=1S/C18H22BrNO/c1-2-20-14-16(15-7-4-3-5-8-15)11-12-21-18-10-6-9-17(19)13-18/h3-10,13,16,20H,2,11-12,14H2,1H3. The maximum absolute atomic E-state index is 5.86. The molecular formula is C18H22BrNO. The first kappa shape index (κ1) is 16.1. The van der Waals surface area contributed by atoms with E-state index in [-0.39, 0.29) is 0 Å². The Labute approximate surface area is 135 Å². The second-order valence-electron chi connectivity index (χ2n) is 5.01. The van der Waals surface area contributed by atoms with E-state index in [0.29, 0.717) is 5.92 Å². The summed E-state index contributed by atoms with van der Waals surface area (Å²) in [4.78, 5) is 0. The zero-order chi connectivity index (χ0) is 14.9. The summed E-state index contributed by atoms with van der Waals surface area (Å²) < 4.78 is 6.91. The summed E-state index contributed by atoms with van der Waals surface area (Å²) in [5.41, 5.74) is 1.37. The van der Waals surface area contributed by atoms with E-state index < -0.39 is 0 Å². The van der Waals surface area contributed by atoms with Crippen LogP contribution in [0.4, 0.5) is 0 Å². The van der Waals surface area contributed by atoms with Crippen molar-refractivity contribution in [2.45, 2.75) is 19.3 Å². The summed E-state index contributed by atoms with van der Waals surface area (Å²) in [5.74, 6) is 1.40. The van der Waals surface area contributed by atoms with Gasteiger partial charge in [-0.2, -0.15) is 0 Å². The molecule has 0 aliphatic rings. The van der Waals surface area contributed by atoms with Gasteiger partial charge in [0.2, 0.25) is 0 Å². The zero-order valence-electron chi connectivity index (χ0n) is 12.4. The van der Waals surface area contributed by atoms with E-state index in [9.17, 15) is 0 Å². The molecule has 0 spiro atoms. The van der Waals surface area contributed by atoms with Crippen molar-refractivity contribution in [2.75, 3.05) is 19.7 Å². The van der Waals surface area contributed by atoms with Crippen molar-refractivity contribution >= 4 is 15.9 Å². The number of halogens is 1. The average Bonchev–Trinajstić information content (AvgIpc) is 2.51. The molecule has 2 rings (SSSR count). The largest absolute Gasteiger partial charge is 0.494 e. The lowest BCUT2D eigenvalue weighted by atomic mass is 9.96. The highest BCUT2D eigenvalue weighted by Gasteiger charge is 2.11. The van der Waals surface area contributed by atoms with Crippen LogP contribution in [0, 0.1) is 0 Å². The highest BCUT2D eigenvalue weighted by Crippen LogP contribution is 2.21. The Balaban J connectivity index is 1.90. The van der Waals surface area contributed by atoms with E-state index in [1.807, 2.05) is 24.3 Å². The Kier molecular flexibility index (Phi) is 6.77. The van der Waals surface area contributed by atoms with Crippen molar-refractivity contribution < 1.29 is 4.74 Å². The minimum absolute atomic E-state index is 0.485. The van der Waals surface area contributed by atoms with Crippen LogP contribution >= 0.6 is 15.9 Å². The van der Waals surface area contributed by atoms with E-state index in [2.05, 4.69) is 58.5 Å². The smallest absolute Gasteiger partial charge is 0.120 e. The van der Waals surface area contributed by atoms with Crippen LogP contribution in [-0.2, 0) is 0 Å². The number of hydrogen-bond acceptors (Lipinski definition) is 2. The van der Waals surface area contributed by atoms with Crippen molar-refractivity contribution in [3.8, 4) is 5.75 Å². The molecule has 0 bridgehead atoms. The molecule has 1 atom stereocenters. The van der Waals surface area contributed by atoms with Crippen molar-refractivity contribution in [3.63, 3.8) is 0 Å². The lowest BCUT2D eigenvalue weighted by molar-refractivity contribution is 0.295. The third kappa shape index (κ3) is 5.52. The second kappa shape index (κ2) is 8.85. The fraction of sp³-hybridized carbons (Fsp3) is 0.333. The van der Waals surface area contributed by atoms with E-state index >= 15 is 0 Å². The molecule has 2 aromatic carbocycles. The number of hydrogen-bond donors (Lipinski definition) is 1. The molecule has 3 heteroatoms. The van der Waals surface area contributed by atoms with Gasteiger partial charge in [0.25, 0.3) is 0 Å². The molecule has 0 saturated heterocycles. The lowest BCUT2D eigenvalue weighted by Gasteiger charge is -2.18. The van der Waals surface area contributed by atoms with Gasteiger partial charge in [-0.05, 0) is 42.6 Å². The number of benzene rings is 2. The third-order valence-corrected chi connectivity index (χ3v) is 3.94. The Morgan fingerprint density at radius 1 is 1.10 bits per heavy atom. The first-order valence-corrected chi connectivity index (χ1v) is 8.23. The number of nitrogens with one attached hydrogen (secondary N) is 1. The molecule has 0 amide bonds. The maximum Gasteiger partial charge on any atom is 0.120 e. The van der Waals surface area contributed by atoms with Crippen LogP contribution in [0.15, 0.2) is 59.1 Å². The van der Waals surface area contributed by atoms with Gasteiger partial charge in [0.15, 0.2) is 0 Å². The SMILES string of the molecule is CCNCC(CCOc1cccc(Br)c1)c1ccccc1. The van der Waals surface area contributed by atoms with Crippen LogP contribution in [0.1, 0.15) is 24.8 Å². The first-order valence-electron chi connectivity index (χ1n) is 7.43. The van der Waals surface area contributed by atoms with Crippen LogP contribution in [0.25, 0.3) is 0 Å². The van der Waals surface area contributed by atoms with Crippen molar-refractivity contribution in [2.24, 2.45) is 0 Å². The summed E-state index contributed by atoms with van der Waals surface area (Å²) in [5, 5.41) is 3.44. The quantitative estimate of drug-likeness (QED) is 0.752. The maximum atomic E-state index is 5.86. The van der Waals surface area contributed by atoms with Gasteiger partial charge in [-0.3, -0.25) is 0 Å². The Hall–Kier alpha value is -1.32. The molecule has 0 aliphatic carbocycles. The molecule has 0 aliphatic heterocycles. The molecule has 1 unspecified atom stereocenters. The molecule has 112 valence electrons. The van der Waals surface area contributed by atoms with Crippen LogP contribution in [-0.4, -0.2) is 19.7 Å². The molecule has 0 fully saturated rings. The minimum atomic E-state index is 0.485. The van der Waals surface area contributed by atoms with Gasteiger partial charge in [0.1, 0.15) is 5.75 Å². The third-order valence-electron chi connectivity index (χ3n) is 3.44. The predicted octanol–water partition coefficient (Wildman–Crippen LogP) is 4.61. The van der Waals surface area contributed by atoms with E-state index in [0.717, 1.165) is 36.3 Å². The summed E-state index contributed by atoms with van der Waals surface area (Å²) in [6, 6.07) is 18.6. The average molecular weight is 348 g/mol. The Bertz CT molecular complexity index is 530. The highest BCUT2D eigenvalue weighted by atomic mass is 79.9. The molecule has 0 heterocycles. The molecule has 0 aromatic heterocycles. The Morgan fingerprint density at radius 2 is 1.90 bits per heavy atom. The van der Waals surface area contributed by atoms with Gasteiger partial charge in [-0.1, -0.05) is 59.3 Å². The van der Waals surface area contributed by atoms with Gasteiger partial charge in [0, 0.05) is 11.0 Å². The van der Waals surface area contributed by atoms with E-state index in [1.54, 1.807) is 0 Å².